The van der Waals surface area contributed by atoms with Crippen LogP contribution >= 0.6 is 0 Å². The van der Waals surface area contributed by atoms with Gasteiger partial charge in [-0.1, -0.05) is 19.4 Å². The predicted octanol–water partition coefficient (Wildman–Crippen LogP) is 2.24. The molecule has 0 bridgehead atoms. The minimum Gasteiger partial charge on any atom is -0.480 e. The van der Waals surface area contributed by atoms with Crippen LogP contribution in [0.25, 0.3) is 0 Å². The van der Waals surface area contributed by atoms with Crippen LogP contribution in [0.3, 0.4) is 0 Å². The maximum atomic E-state index is 12.5. The van der Waals surface area contributed by atoms with Gasteiger partial charge in [-0.05, 0) is 49.8 Å². The van der Waals surface area contributed by atoms with E-state index in [0.717, 1.165) is 25.5 Å². The van der Waals surface area contributed by atoms with E-state index in [2.05, 4.69) is 12.2 Å². The first-order chi connectivity index (χ1) is 11.2. The normalized spacial score (nSPS) is 24.3. The summed E-state index contributed by atoms with van der Waals surface area (Å²) in [7, 11) is -3.43. The largest absolute Gasteiger partial charge is 0.480 e. The van der Waals surface area contributed by atoms with E-state index in [1.165, 1.54) is 24.3 Å². The molecular weight excluding hydrogens is 330 g/mol. The van der Waals surface area contributed by atoms with Crippen molar-refractivity contribution in [2.75, 3.05) is 6.26 Å². The third kappa shape index (κ3) is 3.95. The SMILES string of the molecule is CCC1CCC(NC(=O)c2cccc(S(C)(=O)=O)c2)(C(=O)O)CC1. The summed E-state index contributed by atoms with van der Waals surface area (Å²) in [4.78, 5) is 24.3. The van der Waals surface area contributed by atoms with E-state index in [-0.39, 0.29) is 10.5 Å². The lowest BCUT2D eigenvalue weighted by Gasteiger charge is -2.37. The second-order valence-electron chi connectivity index (χ2n) is 6.49. The monoisotopic (exact) mass is 353 g/mol. The van der Waals surface area contributed by atoms with Gasteiger partial charge in [-0.25, -0.2) is 13.2 Å². The van der Waals surface area contributed by atoms with Crippen molar-refractivity contribution in [3.63, 3.8) is 0 Å². The molecule has 2 rings (SSSR count). The summed E-state index contributed by atoms with van der Waals surface area (Å²) in [5, 5.41) is 12.3. The quantitative estimate of drug-likeness (QED) is 0.845. The van der Waals surface area contributed by atoms with Crippen LogP contribution in [0.4, 0.5) is 0 Å². The van der Waals surface area contributed by atoms with E-state index in [1.54, 1.807) is 0 Å². The maximum Gasteiger partial charge on any atom is 0.329 e. The van der Waals surface area contributed by atoms with Gasteiger partial charge >= 0.3 is 5.97 Å². The van der Waals surface area contributed by atoms with Crippen LogP contribution in [0, 0.1) is 5.92 Å². The first-order valence-electron chi connectivity index (χ1n) is 8.04. The highest BCUT2D eigenvalue weighted by Crippen LogP contribution is 2.34. The van der Waals surface area contributed by atoms with E-state index in [0.29, 0.717) is 18.8 Å². The lowest BCUT2D eigenvalue weighted by molar-refractivity contribution is -0.146. The van der Waals surface area contributed by atoms with E-state index < -0.39 is 27.3 Å². The molecule has 1 aliphatic rings. The highest BCUT2D eigenvalue weighted by atomic mass is 32.2. The molecule has 0 aliphatic heterocycles. The van der Waals surface area contributed by atoms with Crippen LogP contribution in [0.1, 0.15) is 49.4 Å². The molecule has 1 fully saturated rings. The fourth-order valence-electron chi connectivity index (χ4n) is 3.13. The van der Waals surface area contributed by atoms with Gasteiger partial charge in [0.25, 0.3) is 5.91 Å². The molecular formula is C17H23NO5S. The molecule has 0 heterocycles. The third-order valence-electron chi connectivity index (χ3n) is 4.82. The van der Waals surface area contributed by atoms with E-state index in [9.17, 15) is 23.1 Å². The van der Waals surface area contributed by atoms with Gasteiger partial charge in [0.2, 0.25) is 0 Å². The molecule has 6 nitrogen and oxygen atoms in total. The highest BCUT2D eigenvalue weighted by molar-refractivity contribution is 7.90. The summed E-state index contributed by atoms with van der Waals surface area (Å²) in [5.74, 6) is -1.11. The topological polar surface area (TPSA) is 101 Å². The van der Waals surface area contributed by atoms with Crippen LogP contribution in [-0.4, -0.2) is 37.2 Å². The number of hydrogen-bond acceptors (Lipinski definition) is 4. The van der Waals surface area contributed by atoms with Gasteiger partial charge in [-0.15, -0.1) is 0 Å². The first-order valence-corrected chi connectivity index (χ1v) is 9.93. The number of hydrogen-bond donors (Lipinski definition) is 2. The maximum absolute atomic E-state index is 12.5. The Morgan fingerprint density at radius 3 is 2.42 bits per heavy atom. The molecule has 0 saturated heterocycles. The van der Waals surface area contributed by atoms with Gasteiger partial charge in [0.05, 0.1) is 4.90 Å². The summed E-state index contributed by atoms with van der Waals surface area (Å²) in [6.07, 6.45) is 4.35. The molecule has 1 saturated carbocycles. The Morgan fingerprint density at radius 1 is 1.29 bits per heavy atom. The van der Waals surface area contributed by atoms with Gasteiger partial charge in [0.15, 0.2) is 9.84 Å². The number of rotatable bonds is 5. The van der Waals surface area contributed by atoms with Crippen molar-refractivity contribution in [2.45, 2.75) is 49.5 Å². The predicted molar refractivity (Wildman–Crippen MR) is 89.6 cm³/mol. The Balaban J connectivity index is 2.22. The van der Waals surface area contributed by atoms with Gasteiger partial charge < -0.3 is 10.4 Å². The summed E-state index contributed by atoms with van der Waals surface area (Å²) in [6.45, 7) is 2.08. The molecule has 0 aromatic heterocycles. The first kappa shape index (κ1) is 18.4. The fraction of sp³-hybridized carbons (Fsp3) is 0.529. The van der Waals surface area contributed by atoms with Gasteiger partial charge in [0, 0.05) is 11.8 Å². The number of benzene rings is 1. The van der Waals surface area contributed by atoms with Gasteiger partial charge in [-0.3, -0.25) is 4.79 Å². The average Bonchev–Trinajstić information content (AvgIpc) is 2.54. The number of sulfone groups is 1. The Morgan fingerprint density at radius 2 is 1.92 bits per heavy atom. The molecule has 1 aromatic carbocycles. The van der Waals surface area contributed by atoms with Crippen LogP contribution in [0.5, 0.6) is 0 Å². The molecule has 132 valence electrons. The van der Waals surface area contributed by atoms with Crippen LogP contribution in [0.2, 0.25) is 0 Å². The summed E-state index contributed by atoms with van der Waals surface area (Å²) >= 11 is 0. The van der Waals surface area contributed by atoms with Gasteiger partial charge in [0.1, 0.15) is 5.54 Å². The fourth-order valence-corrected chi connectivity index (χ4v) is 3.80. The Bertz CT molecular complexity index is 733. The second-order valence-corrected chi connectivity index (χ2v) is 8.51. The molecule has 0 atom stereocenters. The number of carbonyl (C=O) groups excluding carboxylic acids is 1. The minimum atomic E-state index is -3.43. The third-order valence-corrected chi connectivity index (χ3v) is 5.93. The van der Waals surface area contributed by atoms with Crippen molar-refractivity contribution in [3.8, 4) is 0 Å². The molecule has 1 amide bonds. The van der Waals surface area contributed by atoms with Crippen molar-refractivity contribution >= 4 is 21.7 Å². The number of carboxylic acid groups (broad SMARTS) is 1. The summed E-state index contributed by atoms with van der Waals surface area (Å²) < 4.78 is 23.2. The van der Waals surface area contributed by atoms with Crippen molar-refractivity contribution in [1.29, 1.82) is 0 Å². The van der Waals surface area contributed by atoms with Crippen LogP contribution in [-0.2, 0) is 14.6 Å². The lowest BCUT2D eigenvalue weighted by Crippen LogP contribution is -2.56. The van der Waals surface area contributed by atoms with E-state index >= 15 is 0 Å². The van der Waals surface area contributed by atoms with Crippen molar-refractivity contribution in [1.82, 2.24) is 5.32 Å². The summed E-state index contributed by atoms with van der Waals surface area (Å²) in [6, 6.07) is 5.65. The standard InChI is InChI=1S/C17H23NO5S/c1-3-12-7-9-17(10-8-12,16(20)21)18-15(19)13-5-4-6-14(11-13)24(2,22)23/h4-6,11-12H,3,7-10H2,1-2H3,(H,18,19)(H,20,21). The number of nitrogens with one attached hydrogen (secondary N) is 1. The molecule has 7 heteroatoms. The van der Waals surface area contributed by atoms with Crippen molar-refractivity contribution < 1.29 is 23.1 Å². The molecule has 0 spiro atoms. The summed E-state index contributed by atoms with van der Waals surface area (Å²) in [5.41, 5.74) is -1.12. The average molecular weight is 353 g/mol. The highest BCUT2D eigenvalue weighted by Gasteiger charge is 2.43. The number of aliphatic carboxylic acids is 1. The van der Waals surface area contributed by atoms with Crippen molar-refractivity contribution in [2.24, 2.45) is 5.92 Å². The Hall–Kier alpha value is -1.89. The Kier molecular flexibility index (Phi) is 5.32. The second kappa shape index (κ2) is 6.93. The lowest BCUT2D eigenvalue weighted by atomic mass is 9.75. The number of carboxylic acids is 1. The molecule has 0 radical (unpaired) electrons. The molecule has 2 N–H and O–H groups in total. The van der Waals surface area contributed by atoms with E-state index in [4.69, 9.17) is 0 Å². The zero-order valence-electron chi connectivity index (χ0n) is 13.9. The van der Waals surface area contributed by atoms with E-state index in [1.807, 2.05) is 0 Å². The minimum absolute atomic E-state index is 0.0363. The number of carbonyl (C=O) groups is 2. The van der Waals surface area contributed by atoms with Crippen molar-refractivity contribution in [3.05, 3.63) is 29.8 Å². The molecule has 24 heavy (non-hydrogen) atoms. The zero-order chi connectivity index (χ0) is 18.0. The Labute approximate surface area is 142 Å². The smallest absolute Gasteiger partial charge is 0.329 e. The van der Waals surface area contributed by atoms with Crippen LogP contribution < -0.4 is 5.32 Å². The zero-order valence-corrected chi connectivity index (χ0v) is 14.7. The van der Waals surface area contributed by atoms with Crippen LogP contribution in [0.15, 0.2) is 29.2 Å². The molecule has 1 aliphatic carbocycles. The van der Waals surface area contributed by atoms with Gasteiger partial charge in [-0.2, -0.15) is 0 Å². The molecule has 1 aromatic rings. The molecule has 0 unspecified atom stereocenters. The number of amides is 1.